The summed E-state index contributed by atoms with van der Waals surface area (Å²) in [5, 5.41) is 0. The number of allylic oxidation sites excluding steroid dienone is 10. The predicted molar refractivity (Wildman–Crippen MR) is 218 cm³/mol. The largest absolute Gasteiger partial charge is 0.299 e. The van der Waals surface area contributed by atoms with Crippen molar-refractivity contribution in [2.24, 2.45) is 34.5 Å². The van der Waals surface area contributed by atoms with Crippen LogP contribution in [0.4, 0.5) is 0 Å². The molecule has 47 heavy (non-hydrogen) atoms. The predicted octanol–water partition coefficient (Wildman–Crippen LogP) is 15.4. The quantitative estimate of drug-likeness (QED) is 0.214. The zero-order valence-corrected chi connectivity index (χ0v) is 33.4. The number of hydrogen-bond acceptors (Lipinski definition) is 1. The monoisotopic (exact) mass is 651 g/mol. The molecule has 0 aromatic rings. The number of ketones is 1. The Morgan fingerprint density at radius 2 is 1.32 bits per heavy atom. The Morgan fingerprint density at radius 1 is 0.809 bits per heavy atom. The molecule has 0 saturated heterocycles. The number of carbonyl (C=O) groups is 1. The van der Waals surface area contributed by atoms with E-state index in [1.165, 1.54) is 73.7 Å². The molecule has 4 aliphatic rings. The molecule has 0 aliphatic heterocycles. The molecule has 6 atom stereocenters. The first-order chi connectivity index (χ1) is 21.9. The molecule has 1 heteroatoms. The van der Waals surface area contributed by atoms with E-state index in [1.807, 2.05) is 47.6 Å². The van der Waals surface area contributed by atoms with Crippen LogP contribution in [0.3, 0.4) is 0 Å². The van der Waals surface area contributed by atoms with E-state index < -0.39 is 0 Å². The summed E-state index contributed by atoms with van der Waals surface area (Å²) in [5.74, 6) is 3.05. The molecule has 1 nitrogen and oxygen atoms in total. The lowest BCUT2D eigenvalue weighted by Crippen LogP contribution is -2.44. The van der Waals surface area contributed by atoms with Gasteiger partial charge in [-0.1, -0.05) is 135 Å². The fourth-order valence-electron chi connectivity index (χ4n) is 8.67. The van der Waals surface area contributed by atoms with E-state index >= 15 is 0 Å². The maximum absolute atomic E-state index is 12.2. The summed E-state index contributed by atoms with van der Waals surface area (Å²) in [6, 6.07) is 0. The van der Waals surface area contributed by atoms with E-state index in [1.54, 1.807) is 18.1 Å². The van der Waals surface area contributed by atoms with Crippen LogP contribution in [-0.4, -0.2) is 5.78 Å². The average Bonchev–Trinajstić information content (AvgIpc) is 3.07. The summed E-state index contributed by atoms with van der Waals surface area (Å²) in [5.41, 5.74) is 9.19. The van der Waals surface area contributed by atoms with Crippen LogP contribution in [0.5, 0.6) is 0 Å². The van der Waals surface area contributed by atoms with E-state index in [0.717, 1.165) is 24.7 Å². The third-order valence-corrected chi connectivity index (χ3v) is 11.1. The van der Waals surface area contributed by atoms with Gasteiger partial charge >= 0.3 is 0 Å². The Morgan fingerprint density at radius 3 is 1.81 bits per heavy atom. The molecule has 2 saturated carbocycles. The molecule has 0 aromatic heterocycles. The minimum atomic E-state index is -0.106. The lowest BCUT2D eigenvalue weighted by Gasteiger charge is -2.51. The standard InChI is InChI=1S/C19H28O.C18H28.3C2H6.C2H4.CH4/c1-6-13(2)12-17-14(3)9-10-18-16(17)8-7-11-19(18,5)15(4)20;1-6-8-16-14(4)10-11-17-15(13(2)3)9-7-12-18(16,17)5;4*1-2;/h6,12,16,18H,1,7-11H2,2-5H3;6,8,15,17H,2,7,9-12H2,1,3-5H3;3*1-2H3;1-2H2;1H4/b13-12-;8-6-;;;;;. The smallest absolute Gasteiger partial charge is 0.135 e. The van der Waals surface area contributed by atoms with Crippen LogP contribution in [0.1, 0.15) is 169 Å². The van der Waals surface area contributed by atoms with Crippen LogP contribution in [-0.2, 0) is 4.79 Å². The van der Waals surface area contributed by atoms with Gasteiger partial charge in [-0.15, -0.1) is 13.2 Å². The highest BCUT2D eigenvalue weighted by Crippen LogP contribution is 2.57. The number of hydrogen-bond donors (Lipinski definition) is 0. The van der Waals surface area contributed by atoms with Crippen LogP contribution in [0.2, 0.25) is 0 Å². The average molecular weight is 651 g/mol. The van der Waals surface area contributed by atoms with Gasteiger partial charge in [0.2, 0.25) is 0 Å². The minimum Gasteiger partial charge on any atom is -0.299 e. The van der Waals surface area contributed by atoms with Crippen molar-refractivity contribution in [1.82, 2.24) is 0 Å². The summed E-state index contributed by atoms with van der Waals surface area (Å²) in [6.07, 6.45) is 21.4. The van der Waals surface area contributed by atoms with Crippen molar-refractivity contribution in [3.63, 3.8) is 0 Å². The first-order valence-electron chi connectivity index (χ1n) is 18.9. The maximum Gasteiger partial charge on any atom is 0.135 e. The topological polar surface area (TPSA) is 17.1 Å². The second-order valence-corrected chi connectivity index (χ2v) is 13.5. The van der Waals surface area contributed by atoms with Crippen LogP contribution in [0, 0.1) is 34.5 Å². The lowest BCUT2D eigenvalue weighted by atomic mass is 9.54. The molecular formula is C46H82O. The van der Waals surface area contributed by atoms with Crippen LogP contribution in [0.25, 0.3) is 0 Å². The molecule has 0 radical (unpaired) electrons. The number of fused-ring (bicyclic) bond motifs is 2. The first-order valence-corrected chi connectivity index (χ1v) is 18.9. The number of carbonyl (C=O) groups excluding carboxylic acids is 1. The highest BCUT2D eigenvalue weighted by Gasteiger charge is 2.48. The summed E-state index contributed by atoms with van der Waals surface area (Å²) < 4.78 is 0. The Bertz CT molecular complexity index is 1060. The van der Waals surface area contributed by atoms with Crippen molar-refractivity contribution in [3.8, 4) is 0 Å². The maximum atomic E-state index is 12.2. The van der Waals surface area contributed by atoms with Gasteiger partial charge < -0.3 is 0 Å². The Labute approximate surface area is 297 Å². The summed E-state index contributed by atoms with van der Waals surface area (Å²) >= 11 is 0. The van der Waals surface area contributed by atoms with Crippen molar-refractivity contribution in [1.29, 1.82) is 0 Å². The van der Waals surface area contributed by atoms with E-state index in [9.17, 15) is 4.79 Å². The number of Topliss-reactive ketones (excluding diaryl/α,β-unsaturated/α-hetero) is 1. The zero-order valence-electron chi connectivity index (χ0n) is 33.4. The fraction of sp³-hybridized carbons (Fsp3) is 0.674. The molecular weight excluding hydrogens is 569 g/mol. The zero-order chi connectivity index (χ0) is 36.3. The Balaban J connectivity index is -0.000000670. The third-order valence-electron chi connectivity index (χ3n) is 11.1. The van der Waals surface area contributed by atoms with Crippen molar-refractivity contribution in [3.05, 3.63) is 84.1 Å². The van der Waals surface area contributed by atoms with E-state index in [4.69, 9.17) is 0 Å². The molecule has 0 amide bonds. The summed E-state index contributed by atoms with van der Waals surface area (Å²) in [6.45, 7) is 43.7. The number of rotatable bonds is 5. The van der Waals surface area contributed by atoms with Gasteiger partial charge in [-0.05, 0) is 133 Å². The van der Waals surface area contributed by atoms with Gasteiger partial charge in [-0.3, -0.25) is 4.79 Å². The van der Waals surface area contributed by atoms with Gasteiger partial charge in [-0.25, -0.2) is 0 Å². The molecule has 2 fully saturated rings. The molecule has 0 spiro atoms. The van der Waals surface area contributed by atoms with Gasteiger partial charge in [-0.2, -0.15) is 0 Å². The van der Waals surface area contributed by atoms with Gasteiger partial charge in [0.1, 0.15) is 5.78 Å². The molecule has 4 aliphatic carbocycles. The van der Waals surface area contributed by atoms with E-state index in [2.05, 4.69) is 93.0 Å². The van der Waals surface area contributed by atoms with Gasteiger partial charge in [0.25, 0.3) is 0 Å². The summed E-state index contributed by atoms with van der Waals surface area (Å²) in [4.78, 5) is 12.2. The Kier molecular flexibility index (Phi) is 26.1. The normalized spacial score (nSPS) is 29.4. The first kappa shape index (κ1) is 49.2. The lowest BCUT2D eigenvalue weighted by molar-refractivity contribution is -0.132. The van der Waals surface area contributed by atoms with Crippen LogP contribution >= 0.6 is 0 Å². The van der Waals surface area contributed by atoms with Gasteiger partial charge in [0.05, 0.1) is 0 Å². The van der Waals surface area contributed by atoms with Crippen LogP contribution < -0.4 is 0 Å². The fourth-order valence-corrected chi connectivity index (χ4v) is 8.67. The van der Waals surface area contributed by atoms with Gasteiger partial charge in [0.15, 0.2) is 0 Å². The molecule has 6 unspecified atom stereocenters. The van der Waals surface area contributed by atoms with Crippen molar-refractivity contribution >= 4 is 5.78 Å². The highest BCUT2D eigenvalue weighted by molar-refractivity contribution is 5.82. The van der Waals surface area contributed by atoms with Gasteiger partial charge in [0, 0.05) is 5.41 Å². The molecule has 0 bridgehead atoms. The van der Waals surface area contributed by atoms with E-state index in [0.29, 0.717) is 23.0 Å². The van der Waals surface area contributed by atoms with Crippen LogP contribution in [0.15, 0.2) is 84.1 Å². The van der Waals surface area contributed by atoms with Crippen molar-refractivity contribution < 1.29 is 4.79 Å². The minimum absolute atomic E-state index is 0. The van der Waals surface area contributed by atoms with Crippen molar-refractivity contribution in [2.45, 2.75) is 169 Å². The molecule has 0 aromatic carbocycles. The highest BCUT2D eigenvalue weighted by atomic mass is 16.1. The molecule has 0 N–H and O–H groups in total. The third kappa shape index (κ3) is 12.4. The molecule has 4 rings (SSSR count). The SMILES string of the molecule is C.C=C.C=C(C)C1CCCC2(C)C(/C=C\C)=C(C)CCC12.C=C/C(C)=C\C1=C(C)CCC2C1CCCC2(C)C(C)=O.CC.CC.CC. The Hall–Kier alpha value is -2.15. The van der Waals surface area contributed by atoms with E-state index in [-0.39, 0.29) is 12.8 Å². The second-order valence-electron chi connectivity index (χ2n) is 13.5. The summed E-state index contributed by atoms with van der Waals surface area (Å²) in [7, 11) is 0. The molecule has 0 heterocycles. The molecule has 272 valence electrons. The second kappa shape index (κ2) is 24.9. The van der Waals surface area contributed by atoms with Crippen molar-refractivity contribution in [2.75, 3.05) is 0 Å².